The number of amides is 1. The van der Waals surface area contributed by atoms with E-state index < -0.39 is 17.4 Å². The van der Waals surface area contributed by atoms with Crippen LogP contribution in [0, 0.1) is 0 Å². The molecule has 20 heavy (non-hydrogen) atoms. The zero-order valence-corrected chi connectivity index (χ0v) is 11.3. The van der Waals surface area contributed by atoms with Crippen molar-refractivity contribution < 1.29 is 14.7 Å². The standard InChI is InChI=1S/C14H21N3O3/c15-9-5-4-8-14(12(16)18,13(19)20)17-10-11-6-2-1-3-7-11/h1-3,6-7,17H,4-5,8-10,15H2,(H2,16,18)(H,19,20). The first kappa shape index (κ1) is 16.1. The molecule has 6 heteroatoms. The number of carboxylic acids is 1. The number of carbonyl (C=O) groups excluding carboxylic acids is 1. The Bertz CT molecular complexity index is 434. The van der Waals surface area contributed by atoms with Gasteiger partial charge in [-0.05, 0) is 31.4 Å². The number of hydrogen-bond donors (Lipinski definition) is 4. The normalized spacial score (nSPS) is 13.7. The van der Waals surface area contributed by atoms with Gasteiger partial charge in [0.1, 0.15) is 0 Å². The minimum Gasteiger partial charge on any atom is -0.479 e. The molecule has 0 saturated heterocycles. The van der Waals surface area contributed by atoms with Crippen molar-refractivity contribution in [2.75, 3.05) is 6.54 Å². The summed E-state index contributed by atoms with van der Waals surface area (Å²) in [4.78, 5) is 23.1. The van der Waals surface area contributed by atoms with Gasteiger partial charge in [0.15, 0.2) is 5.54 Å². The Morgan fingerprint density at radius 2 is 1.85 bits per heavy atom. The first-order valence-electron chi connectivity index (χ1n) is 6.55. The van der Waals surface area contributed by atoms with Crippen LogP contribution in [-0.4, -0.2) is 29.1 Å². The third-order valence-electron chi connectivity index (χ3n) is 3.23. The molecule has 0 heterocycles. The maximum absolute atomic E-state index is 11.6. The summed E-state index contributed by atoms with van der Waals surface area (Å²) in [6.45, 7) is 0.714. The topological polar surface area (TPSA) is 118 Å². The van der Waals surface area contributed by atoms with Crippen molar-refractivity contribution in [1.82, 2.24) is 5.32 Å². The molecular weight excluding hydrogens is 258 g/mol. The number of carboxylic acid groups (broad SMARTS) is 1. The molecule has 6 nitrogen and oxygen atoms in total. The van der Waals surface area contributed by atoms with Crippen LogP contribution in [0.1, 0.15) is 24.8 Å². The Kier molecular flexibility index (Phi) is 6.14. The van der Waals surface area contributed by atoms with Crippen LogP contribution < -0.4 is 16.8 Å². The highest BCUT2D eigenvalue weighted by molar-refractivity contribution is 6.05. The molecule has 1 amide bonds. The smallest absolute Gasteiger partial charge is 0.333 e. The van der Waals surface area contributed by atoms with E-state index in [0.717, 1.165) is 5.56 Å². The van der Waals surface area contributed by atoms with E-state index in [4.69, 9.17) is 11.5 Å². The fraction of sp³-hybridized carbons (Fsp3) is 0.429. The summed E-state index contributed by atoms with van der Waals surface area (Å²) in [7, 11) is 0. The lowest BCUT2D eigenvalue weighted by molar-refractivity contribution is -0.150. The Hall–Kier alpha value is -1.92. The van der Waals surface area contributed by atoms with Gasteiger partial charge in [-0.15, -0.1) is 0 Å². The van der Waals surface area contributed by atoms with Gasteiger partial charge in [0, 0.05) is 6.54 Å². The van der Waals surface area contributed by atoms with Gasteiger partial charge in [-0.2, -0.15) is 0 Å². The number of rotatable bonds is 9. The number of aliphatic carboxylic acids is 1. The van der Waals surface area contributed by atoms with Crippen molar-refractivity contribution in [1.29, 1.82) is 0 Å². The predicted molar refractivity (Wildman–Crippen MR) is 75.7 cm³/mol. The number of carbonyl (C=O) groups is 2. The van der Waals surface area contributed by atoms with E-state index in [0.29, 0.717) is 19.4 Å². The fourth-order valence-corrected chi connectivity index (χ4v) is 1.97. The van der Waals surface area contributed by atoms with Crippen LogP contribution in [0.2, 0.25) is 0 Å². The summed E-state index contributed by atoms with van der Waals surface area (Å²) >= 11 is 0. The molecule has 0 radical (unpaired) electrons. The molecule has 6 N–H and O–H groups in total. The van der Waals surface area contributed by atoms with Crippen LogP contribution in [0.3, 0.4) is 0 Å². The first-order valence-corrected chi connectivity index (χ1v) is 6.55. The molecule has 0 spiro atoms. The number of unbranched alkanes of at least 4 members (excludes halogenated alkanes) is 1. The maximum atomic E-state index is 11.6. The zero-order chi connectivity index (χ0) is 15.0. The van der Waals surface area contributed by atoms with Crippen LogP contribution in [-0.2, 0) is 16.1 Å². The molecule has 1 aromatic carbocycles. The average molecular weight is 279 g/mol. The molecule has 0 bridgehead atoms. The monoisotopic (exact) mass is 279 g/mol. The molecule has 0 aliphatic heterocycles. The molecule has 0 aromatic heterocycles. The Morgan fingerprint density at radius 3 is 2.35 bits per heavy atom. The van der Waals surface area contributed by atoms with E-state index in [1.807, 2.05) is 30.3 Å². The number of hydrogen-bond acceptors (Lipinski definition) is 4. The second-order valence-electron chi connectivity index (χ2n) is 4.66. The van der Waals surface area contributed by atoms with Crippen LogP contribution in [0.4, 0.5) is 0 Å². The molecule has 0 aliphatic carbocycles. The molecule has 110 valence electrons. The number of nitrogens with one attached hydrogen (secondary N) is 1. The molecular formula is C14H21N3O3. The second-order valence-corrected chi connectivity index (χ2v) is 4.66. The molecule has 0 aliphatic rings. The predicted octanol–water partition coefficient (Wildman–Crippen LogP) is 0.214. The summed E-state index contributed by atoms with van der Waals surface area (Å²) < 4.78 is 0. The Labute approximate surface area is 118 Å². The number of benzene rings is 1. The molecule has 0 fully saturated rings. The number of primary amides is 1. The molecule has 1 rings (SSSR count). The van der Waals surface area contributed by atoms with Crippen LogP contribution in [0.5, 0.6) is 0 Å². The largest absolute Gasteiger partial charge is 0.479 e. The van der Waals surface area contributed by atoms with Gasteiger partial charge < -0.3 is 16.6 Å². The summed E-state index contributed by atoms with van der Waals surface area (Å²) in [5.41, 5.74) is 9.84. The molecule has 1 atom stereocenters. The van der Waals surface area contributed by atoms with Gasteiger partial charge in [-0.1, -0.05) is 30.3 Å². The first-order chi connectivity index (χ1) is 9.53. The minimum atomic E-state index is -1.75. The minimum absolute atomic E-state index is 0.127. The van der Waals surface area contributed by atoms with Crippen molar-refractivity contribution in [3.05, 3.63) is 35.9 Å². The lowest BCUT2D eigenvalue weighted by Crippen LogP contribution is -2.60. The van der Waals surface area contributed by atoms with E-state index in [-0.39, 0.29) is 13.0 Å². The quantitative estimate of drug-likeness (QED) is 0.381. The van der Waals surface area contributed by atoms with Crippen LogP contribution >= 0.6 is 0 Å². The van der Waals surface area contributed by atoms with Crippen LogP contribution in [0.15, 0.2) is 30.3 Å². The molecule has 1 unspecified atom stereocenters. The van der Waals surface area contributed by atoms with E-state index in [9.17, 15) is 14.7 Å². The summed E-state index contributed by atoms with van der Waals surface area (Å²) in [5.74, 6) is -2.13. The van der Waals surface area contributed by atoms with Gasteiger partial charge in [0.25, 0.3) is 0 Å². The van der Waals surface area contributed by atoms with Gasteiger partial charge in [0.05, 0.1) is 0 Å². The van der Waals surface area contributed by atoms with E-state index in [1.165, 1.54) is 0 Å². The fourth-order valence-electron chi connectivity index (χ4n) is 1.97. The third kappa shape index (κ3) is 4.04. The van der Waals surface area contributed by atoms with E-state index in [1.54, 1.807) is 0 Å². The van der Waals surface area contributed by atoms with E-state index >= 15 is 0 Å². The highest BCUT2D eigenvalue weighted by atomic mass is 16.4. The van der Waals surface area contributed by atoms with Gasteiger partial charge in [-0.3, -0.25) is 10.1 Å². The highest BCUT2D eigenvalue weighted by Gasteiger charge is 2.43. The second kappa shape index (κ2) is 7.62. The molecule has 0 saturated carbocycles. The number of nitrogens with two attached hydrogens (primary N) is 2. The van der Waals surface area contributed by atoms with Gasteiger partial charge >= 0.3 is 5.97 Å². The van der Waals surface area contributed by atoms with Gasteiger partial charge in [0.2, 0.25) is 5.91 Å². The maximum Gasteiger partial charge on any atom is 0.333 e. The van der Waals surface area contributed by atoms with E-state index in [2.05, 4.69) is 5.32 Å². The highest BCUT2D eigenvalue weighted by Crippen LogP contribution is 2.16. The SMILES string of the molecule is NCCCCC(NCc1ccccc1)(C(N)=O)C(=O)O. The van der Waals surface area contributed by atoms with Crippen molar-refractivity contribution in [2.24, 2.45) is 11.5 Å². The summed E-state index contributed by atoms with van der Waals surface area (Å²) in [5, 5.41) is 12.2. The lowest BCUT2D eigenvalue weighted by atomic mass is 9.91. The Morgan fingerprint density at radius 1 is 1.20 bits per heavy atom. The van der Waals surface area contributed by atoms with Crippen molar-refractivity contribution >= 4 is 11.9 Å². The lowest BCUT2D eigenvalue weighted by Gasteiger charge is -2.27. The third-order valence-corrected chi connectivity index (χ3v) is 3.23. The molecule has 1 aromatic rings. The zero-order valence-electron chi connectivity index (χ0n) is 11.3. The Balaban J connectivity index is 2.80. The van der Waals surface area contributed by atoms with Crippen molar-refractivity contribution in [3.63, 3.8) is 0 Å². The average Bonchev–Trinajstić information content (AvgIpc) is 2.43. The summed E-state index contributed by atoms with van der Waals surface area (Å²) in [6.07, 6.45) is 1.30. The van der Waals surface area contributed by atoms with Crippen LogP contribution in [0.25, 0.3) is 0 Å². The van der Waals surface area contributed by atoms with Crippen molar-refractivity contribution in [3.8, 4) is 0 Å². The van der Waals surface area contributed by atoms with Crippen molar-refractivity contribution in [2.45, 2.75) is 31.3 Å². The van der Waals surface area contributed by atoms with Gasteiger partial charge in [-0.25, -0.2) is 4.79 Å². The summed E-state index contributed by atoms with van der Waals surface area (Å²) in [6, 6.07) is 9.25.